The molecule has 3 rings (SSSR count). The number of ether oxygens (including phenoxy) is 2. The van der Waals surface area contributed by atoms with Crippen molar-refractivity contribution in [2.75, 3.05) is 53.0 Å². The van der Waals surface area contributed by atoms with Crippen LogP contribution < -0.4 is 10.1 Å². The summed E-state index contributed by atoms with van der Waals surface area (Å²) in [4.78, 5) is 17.3. The van der Waals surface area contributed by atoms with E-state index in [4.69, 9.17) is 9.47 Å². The molecule has 1 atom stereocenters. The molecule has 1 amide bonds. The molecule has 6 heteroatoms. The van der Waals surface area contributed by atoms with Gasteiger partial charge in [-0.3, -0.25) is 14.6 Å². The first kappa shape index (κ1) is 20.1. The minimum atomic E-state index is -0.0557. The van der Waals surface area contributed by atoms with Crippen molar-refractivity contribution in [3.63, 3.8) is 0 Å². The van der Waals surface area contributed by atoms with Gasteiger partial charge in [0.25, 0.3) is 0 Å². The van der Waals surface area contributed by atoms with Crippen LogP contribution in [0.2, 0.25) is 0 Å². The Bertz CT molecular complexity index is 612. The normalized spacial score (nSPS) is 22.0. The molecule has 2 saturated heterocycles. The van der Waals surface area contributed by atoms with Crippen LogP contribution in [-0.2, 0) is 9.53 Å². The van der Waals surface area contributed by atoms with E-state index in [0.29, 0.717) is 19.1 Å². The Balaban J connectivity index is 1.51. The van der Waals surface area contributed by atoms with Crippen molar-refractivity contribution in [1.82, 2.24) is 15.1 Å². The molecule has 2 fully saturated rings. The number of morpholine rings is 1. The molecule has 150 valence electrons. The van der Waals surface area contributed by atoms with E-state index in [9.17, 15) is 4.79 Å². The van der Waals surface area contributed by atoms with E-state index in [1.54, 1.807) is 7.11 Å². The Morgan fingerprint density at radius 1 is 1.22 bits per heavy atom. The topological polar surface area (TPSA) is 54.0 Å². The molecule has 0 spiro atoms. The summed E-state index contributed by atoms with van der Waals surface area (Å²) in [5, 5.41) is 3.15. The summed E-state index contributed by atoms with van der Waals surface area (Å²) in [6, 6.07) is 8.53. The molecule has 0 aliphatic carbocycles. The van der Waals surface area contributed by atoms with Crippen LogP contribution in [0.3, 0.4) is 0 Å². The number of amides is 1. The molecule has 1 N–H and O–H groups in total. The van der Waals surface area contributed by atoms with Gasteiger partial charge in [0, 0.05) is 31.2 Å². The van der Waals surface area contributed by atoms with Gasteiger partial charge in [-0.15, -0.1) is 0 Å². The van der Waals surface area contributed by atoms with Gasteiger partial charge in [0.15, 0.2) is 0 Å². The Morgan fingerprint density at radius 3 is 2.59 bits per heavy atom. The van der Waals surface area contributed by atoms with Gasteiger partial charge in [-0.25, -0.2) is 0 Å². The predicted octanol–water partition coefficient (Wildman–Crippen LogP) is 2.06. The molecule has 0 saturated carbocycles. The first-order valence-corrected chi connectivity index (χ1v) is 9.97. The zero-order valence-corrected chi connectivity index (χ0v) is 16.9. The third-order valence-corrected chi connectivity index (χ3v) is 5.80. The highest BCUT2D eigenvalue weighted by Crippen LogP contribution is 2.32. The van der Waals surface area contributed by atoms with Crippen molar-refractivity contribution in [2.24, 2.45) is 0 Å². The number of likely N-dealkylation sites (tertiary alicyclic amines) is 1. The average molecular weight is 376 g/mol. The standard InChI is InChI=1S/C21H33N3O3/c1-21(2,24-11-13-27-14-12-24)16-22-20(25)15-23-10-4-5-19(23)17-6-8-18(26-3)9-7-17/h6-9,19H,4-5,10-16H2,1-3H3,(H,22,25)/t19-/m0/s1. The highest BCUT2D eigenvalue weighted by molar-refractivity contribution is 5.78. The second-order valence-electron chi connectivity index (χ2n) is 8.09. The van der Waals surface area contributed by atoms with Gasteiger partial charge < -0.3 is 14.8 Å². The minimum Gasteiger partial charge on any atom is -0.497 e. The number of methoxy groups -OCH3 is 1. The van der Waals surface area contributed by atoms with Gasteiger partial charge in [0.1, 0.15) is 5.75 Å². The number of benzene rings is 1. The lowest BCUT2D eigenvalue weighted by Crippen LogP contribution is -2.56. The number of hydrogen-bond acceptors (Lipinski definition) is 5. The van der Waals surface area contributed by atoms with Crippen LogP contribution in [0, 0.1) is 0 Å². The summed E-state index contributed by atoms with van der Waals surface area (Å²) in [5.74, 6) is 0.975. The fourth-order valence-corrected chi connectivity index (χ4v) is 4.05. The summed E-state index contributed by atoms with van der Waals surface area (Å²) in [5.41, 5.74) is 1.20. The summed E-state index contributed by atoms with van der Waals surface area (Å²) < 4.78 is 10.7. The quantitative estimate of drug-likeness (QED) is 0.791. The van der Waals surface area contributed by atoms with Crippen molar-refractivity contribution in [2.45, 2.75) is 38.3 Å². The molecule has 0 aromatic heterocycles. The second-order valence-corrected chi connectivity index (χ2v) is 8.09. The molecule has 27 heavy (non-hydrogen) atoms. The fraction of sp³-hybridized carbons (Fsp3) is 0.667. The van der Waals surface area contributed by atoms with Crippen LogP contribution in [0.4, 0.5) is 0 Å². The van der Waals surface area contributed by atoms with Crippen molar-refractivity contribution >= 4 is 5.91 Å². The summed E-state index contributed by atoms with van der Waals surface area (Å²) >= 11 is 0. The third-order valence-electron chi connectivity index (χ3n) is 5.80. The predicted molar refractivity (Wildman–Crippen MR) is 106 cm³/mol. The third kappa shape index (κ3) is 5.21. The van der Waals surface area contributed by atoms with Gasteiger partial charge in [-0.1, -0.05) is 12.1 Å². The molecule has 2 aliphatic heterocycles. The van der Waals surface area contributed by atoms with Gasteiger partial charge in [-0.05, 0) is 50.9 Å². The molecule has 2 heterocycles. The van der Waals surface area contributed by atoms with Gasteiger partial charge in [-0.2, -0.15) is 0 Å². The maximum absolute atomic E-state index is 12.6. The van der Waals surface area contributed by atoms with E-state index in [2.05, 4.69) is 41.1 Å². The lowest BCUT2D eigenvalue weighted by Gasteiger charge is -2.41. The molecule has 1 aromatic carbocycles. The fourth-order valence-electron chi connectivity index (χ4n) is 4.05. The average Bonchev–Trinajstić information content (AvgIpc) is 3.15. The van der Waals surface area contributed by atoms with E-state index in [1.807, 2.05) is 12.1 Å². The smallest absolute Gasteiger partial charge is 0.234 e. The molecule has 0 radical (unpaired) electrons. The summed E-state index contributed by atoms with van der Waals surface area (Å²) in [6.45, 7) is 9.86. The molecule has 2 aliphatic rings. The monoisotopic (exact) mass is 375 g/mol. The van der Waals surface area contributed by atoms with E-state index >= 15 is 0 Å². The Kier molecular flexibility index (Phi) is 6.73. The summed E-state index contributed by atoms with van der Waals surface area (Å²) in [7, 11) is 1.68. The second kappa shape index (κ2) is 9.04. The van der Waals surface area contributed by atoms with Crippen molar-refractivity contribution < 1.29 is 14.3 Å². The van der Waals surface area contributed by atoms with Crippen molar-refractivity contribution in [3.8, 4) is 5.75 Å². The highest BCUT2D eigenvalue weighted by Gasteiger charge is 2.30. The van der Waals surface area contributed by atoms with Crippen LogP contribution in [0.5, 0.6) is 5.75 Å². The number of nitrogens with zero attached hydrogens (tertiary/aromatic N) is 2. The molecule has 0 unspecified atom stereocenters. The van der Waals surface area contributed by atoms with E-state index < -0.39 is 0 Å². The van der Waals surface area contributed by atoms with Crippen LogP contribution in [0.15, 0.2) is 24.3 Å². The van der Waals surface area contributed by atoms with E-state index in [0.717, 1.165) is 51.4 Å². The maximum atomic E-state index is 12.6. The lowest BCUT2D eigenvalue weighted by molar-refractivity contribution is -0.123. The largest absolute Gasteiger partial charge is 0.497 e. The number of carbonyl (C=O) groups excluding carboxylic acids is 1. The van der Waals surface area contributed by atoms with Crippen LogP contribution in [0.1, 0.15) is 38.3 Å². The minimum absolute atomic E-state index is 0.0557. The number of rotatable bonds is 7. The number of nitrogens with one attached hydrogen (secondary N) is 1. The van der Waals surface area contributed by atoms with Gasteiger partial charge in [0.05, 0.1) is 26.9 Å². The van der Waals surface area contributed by atoms with E-state index in [-0.39, 0.29) is 11.4 Å². The van der Waals surface area contributed by atoms with E-state index in [1.165, 1.54) is 5.56 Å². The SMILES string of the molecule is COc1ccc([C@@H]2CCCN2CC(=O)NCC(C)(C)N2CCOCC2)cc1. The Morgan fingerprint density at radius 2 is 1.93 bits per heavy atom. The zero-order chi connectivity index (χ0) is 19.3. The summed E-state index contributed by atoms with van der Waals surface area (Å²) in [6.07, 6.45) is 2.22. The first-order chi connectivity index (χ1) is 13.0. The van der Waals surface area contributed by atoms with Crippen LogP contribution in [-0.4, -0.2) is 74.3 Å². The number of hydrogen-bond donors (Lipinski definition) is 1. The molecular weight excluding hydrogens is 342 g/mol. The molecule has 0 bridgehead atoms. The highest BCUT2D eigenvalue weighted by atomic mass is 16.5. The first-order valence-electron chi connectivity index (χ1n) is 9.97. The van der Waals surface area contributed by atoms with Gasteiger partial charge in [0.2, 0.25) is 5.91 Å². The van der Waals surface area contributed by atoms with Crippen LogP contribution in [0.25, 0.3) is 0 Å². The van der Waals surface area contributed by atoms with Crippen molar-refractivity contribution in [3.05, 3.63) is 29.8 Å². The lowest BCUT2D eigenvalue weighted by atomic mass is 10.0. The Hall–Kier alpha value is -1.63. The van der Waals surface area contributed by atoms with Crippen LogP contribution >= 0.6 is 0 Å². The van der Waals surface area contributed by atoms with Crippen molar-refractivity contribution in [1.29, 1.82) is 0 Å². The number of carbonyl (C=O) groups is 1. The Labute approximate surface area is 162 Å². The zero-order valence-electron chi connectivity index (χ0n) is 16.9. The molecule has 1 aromatic rings. The molecular formula is C21H33N3O3. The van der Waals surface area contributed by atoms with Gasteiger partial charge >= 0.3 is 0 Å². The maximum Gasteiger partial charge on any atom is 0.234 e. The molecule has 6 nitrogen and oxygen atoms in total.